The van der Waals surface area contributed by atoms with Gasteiger partial charge in [0.15, 0.2) is 17.2 Å². The number of fused-ring (bicyclic) bond motifs is 1. The van der Waals surface area contributed by atoms with Gasteiger partial charge in [0.25, 0.3) is 0 Å². The summed E-state index contributed by atoms with van der Waals surface area (Å²) in [5, 5.41) is 7.28. The van der Waals surface area contributed by atoms with Gasteiger partial charge in [-0.15, -0.1) is 0 Å². The maximum absolute atomic E-state index is 13.1. The van der Waals surface area contributed by atoms with E-state index in [1.165, 1.54) is 10.6 Å². The molecule has 30 heavy (non-hydrogen) atoms. The molecule has 0 aliphatic carbocycles. The number of alkyl halides is 3. The smallest absolute Gasteiger partial charge is 0.333 e. The lowest BCUT2D eigenvalue weighted by Gasteiger charge is -2.31. The van der Waals surface area contributed by atoms with Crippen molar-refractivity contribution in [3.63, 3.8) is 0 Å². The molecule has 1 aliphatic heterocycles. The van der Waals surface area contributed by atoms with Gasteiger partial charge in [0.05, 0.1) is 12.4 Å². The molecule has 3 aromatic heterocycles. The highest BCUT2D eigenvalue weighted by atomic mass is 19.4. The van der Waals surface area contributed by atoms with Gasteiger partial charge in [-0.1, -0.05) is 0 Å². The second-order valence-corrected chi connectivity index (χ2v) is 6.91. The number of nitrogens with one attached hydrogen (secondary N) is 2. The van der Waals surface area contributed by atoms with Crippen molar-refractivity contribution >= 4 is 17.7 Å². The lowest BCUT2D eigenvalue weighted by Crippen LogP contribution is -2.48. The largest absolute Gasteiger partial charge is 0.434 e. The molecular formula is C18H20F3N9. The molecule has 158 valence electrons. The van der Waals surface area contributed by atoms with E-state index in [2.05, 4.69) is 35.8 Å². The number of hydrogen-bond donors (Lipinski definition) is 2. The minimum atomic E-state index is -4.56. The Morgan fingerprint density at radius 2 is 2.13 bits per heavy atom. The first-order chi connectivity index (χ1) is 14.4. The molecule has 0 amide bonds. The Kier molecular flexibility index (Phi) is 5.24. The molecule has 4 rings (SSSR count). The normalized spacial score (nSPS) is 17.3. The van der Waals surface area contributed by atoms with E-state index in [9.17, 15) is 13.2 Å². The van der Waals surface area contributed by atoms with Crippen LogP contribution in [0, 0.1) is 0 Å². The van der Waals surface area contributed by atoms with E-state index in [0.717, 1.165) is 12.4 Å². The monoisotopic (exact) mass is 419 g/mol. The van der Waals surface area contributed by atoms with Crippen molar-refractivity contribution in [2.24, 2.45) is 5.10 Å². The number of anilines is 1. The van der Waals surface area contributed by atoms with Crippen LogP contribution in [0.5, 0.6) is 0 Å². The van der Waals surface area contributed by atoms with Crippen molar-refractivity contribution in [3.8, 4) is 11.5 Å². The second kappa shape index (κ2) is 7.86. The molecule has 0 saturated carbocycles. The second-order valence-electron chi connectivity index (χ2n) is 6.91. The van der Waals surface area contributed by atoms with Gasteiger partial charge in [0.1, 0.15) is 17.7 Å². The number of hydrogen-bond acceptors (Lipinski definition) is 8. The Labute approximate surface area is 170 Å². The van der Waals surface area contributed by atoms with Crippen molar-refractivity contribution < 1.29 is 13.2 Å². The molecule has 1 aliphatic rings. The van der Waals surface area contributed by atoms with Gasteiger partial charge < -0.3 is 10.2 Å². The highest BCUT2D eigenvalue weighted by Gasteiger charge is 2.33. The molecule has 0 aromatic carbocycles. The molecule has 2 N–H and O–H groups in total. The predicted molar refractivity (Wildman–Crippen MR) is 105 cm³/mol. The highest BCUT2D eigenvalue weighted by Crippen LogP contribution is 2.29. The zero-order chi connectivity index (χ0) is 21.3. The molecule has 3 aromatic rings. The first-order valence-corrected chi connectivity index (χ1v) is 9.31. The predicted octanol–water partition coefficient (Wildman–Crippen LogP) is 1.92. The SMILES string of the molecule is CNC(C)CN(c1ccnc(-c2cnc3cnc(C(F)(F)F)cn23)n1)C1CC=NN1. The zero-order valence-corrected chi connectivity index (χ0v) is 16.3. The third-order valence-corrected chi connectivity index (χ3v) is 4.83. The summed E-state index contributed by atoms with van der Waals surface area (Å²) in [5.41, 5.74) is 2.66. The molecule has 4 heterocycles. The van der Waals surface area contributed by atoms with E-state index in [0.29, 0.717) is 24.5 Å². The molecule has 0 fully saturated rings. The number of nitrogens with zero attached hydrogens (tertiary/aromatic N) is 7. The van der Waals surface area contributed by atoms with Gasteiger partial charge in [-0.25, -0.2) is 19.9 Å². The zero-order valence-electron chi connectivity index (χ0n) is 16.3. The molecule has 12 heteroatoms. The Hall–Kier alpha value is -3.28. The number of halogens is 3. The van der Waals surface area contributed by atoms with E-state index in [1.54, 1.807) is 18.5 Å². The Bertz CT molecular complexity index is 1050. The van der Waals surface area contributed by atoms with Gasteiger partial charge in [-0.05, 0) is 20.0 Å². The summed E-state index contributed by atoms with van der Waals surface area (Å²) in [7, 11) is 1.87. The van der Waals surface area contributed by atoms with Crippen molar-refractivity contribution in [2.45, 2.75) is 31.7 Å². The minimum absolute atomic E-state index is 0.0771. The van der Waals surface area contributed by atoms with Crippen LogP contribution in [0.3, 0.4) is 0 Å². The average molecular weight is 419 g/mol. The molecular weight excluding hydrogens is 399 g/mol. The van der Waals surface area contributed by atoms with Crippen LogP contribution in [-0.4, -0.2) is 56.4 Å². The standard InChI is InChI=1S/C18H20F3N9/c1-11(22-2)9-30(15-4-6-26-28-15)14-3-5-23-17(27-14)12-7-25-16-8-24-13(10-29(12)16)18(19,20)21/h3,5-8,10-11,15,22,28H,4,9H2,1-2H3. The Balaban J connectivity index is 1.73. The quantitative estimate of drug-likeness (QED) is 0.630. The molecule has 0 bridgehead atoms. The first-order valence-electron chi connectivity index (χ1n) is 9.31. The van der Waals surface area contributed by atoms with Gasteiger partial charge in [0.2, 0.25) is 0 Å². The van der Waals surface area contributed by atoms with Gasteiger partial charge in [0, 0.05) is 37.6 Å². The third-order valence-electron chi connectivity index (χ3n) is 4.83. The fraction of sp³-hybridized carbons (Fsp3) is 0.389. The summed E-state index contributed by atoms with van der Waals surface area (Å²) in [6.45, 7) is 2.68. The van der Waals surface area contributed by atoms with Crippen molar-refractivity contribution in [1.82, 2.24) is 35.1 Å². The van der Waals surface area contributed by atoms with Crippen molar-refractivity contribution in [2.75, 3.05) is 18.5 Å². The van der Waals surface area contributed by atoms with Gasteiger partial charge >= 0.3 is 6.18 Å². The summed E-state index contributed by atoms with van der Waals surface area (Å²) in [5.74, 6) is 0.894. The van der Waals surface area contributed by atoms with Crippen molar-refractivity contribution in [3.05, 3.63) is 36.5 Å². The number of aromatic nitrogens is 5. The lowest BCUT2D eigenvalue weighted by molar-refractivity contribution is -0.141. The fourth-order valence-electron chi connectivity index (χ4n) is 3.14. The summed E-state index contributed by atoms with van der Waals surface area (Å²) >= 11 is 0. The lowest BCUT2D eigenvalue weighted by atomic mass is 10.2. The summed E-state index contributed by atoms with van der Waals surface area (Å²) in [4.78, 5) is 18.5. The average Bonchev–Trinajstić information content (AvgIpc) is 3.40. The number of imidazole rings is 1. The maximum Gasteiger partial charge on any atom is 0.434 e. The number of hydrazone groups is 1. The van der Waals surface area contributed by atoms with Crippen LogP contribution < -0.4 is 15.6 Å². The van der Waals surface area contributed by atoms with Crippen LogP contribution in [0.1, 0.15) is 19.0 Å². The topological polar surface area (TPSA) is 95.6 Å². The molecule has 2 atom stereocenters. The maximum atomic E-state index is 13.1. The molecule has 2 unspecified atom stereocenters. The summed E-state index contributed by atoms with van der Waals surface area (Å²) in [6, 6.07) is 1.93. The number of likely N-dealkylation sites (N-methyl/N-ethyl adjacent to an activating group) is 1. The molecule has 9 nitrogen and oxygen atoms in total. The van der Waals surface area contributed by atoms with E-state index in [1.807, 2.05) is 18.9 Å². The van der Waals surface area contributed by atoms with Crippen LogP contribution in [0.15, 0.2) is 36.0 Å². The summed E-state index contributed by atoms with van der Waals surface area (Å²) < 4.78 is 40.6. The van der Waals surface area contributed by atoms with E-state index in [4.69, 9.17) is 0 Å². The fourth-order valence-corrected chi connectivity index (χ4v) is 3.14. The van der Waals surface area contributed by atoms with E-state index >= 15 is 0 Å². The number of rotatable bonds is 6. The first kappa shape index (κ1) is 20.0. The van der Waals surface area contributed by atoms with Crippen LogP contribution in [-0.2, 0) is 6.18 Å². The van der Waals surface area contributed by atoms with E-state index < -0.39 is 11.9 Å². The van der Waals surface area contributed by atoms with Gasteiger partial charge in [-0.3, -0.25) is 9.83 Å². The van der Waals surface area contributed by atoms with Crippen LogP contribution in [0.2, 0.25) is 0 Å². The summed E-state index contributed by atoms with van der Waals surface area (Å²) in [6.07, 6.45) is 2.85. The molecule has 0 saturated heterocycles. The molecule has 0 spiro atoms. The van der Waals surface area contributed by atoms with Crippen LogP contribution in [0.4, 0.5) is 19.0 Å². The van der Waals surface area contributed by atoms with Crippen LogP contribution >= 0.6 is 0 Å². The Morgan fingerprint density at radius 1 is 1.30 bits per heavy atom. The van der Waals surface area contributed by atoms with Crippen molar-refractivity contribution in [1.29, 1.82) is 0 Å². The highest BCUT2D eigenvalue weighted by molar-refractivity contribution is 5.62. The van der Waals surface area contributed by atoms with E-state index in [-0.39, 0.29) is 23.7 Å². The minimum Gasteiger partial charge on any atom is -0.333 e. The third kappa shape index (κ3) is 3.90. The van der Waals surface area contributed by atoms with Crippen LogP contribution in [0.25, 0.3) is 17.2 Å². The van der Waals surface area contributed by atoms with Gasteiger partial charge in [-0.2, -0.15) is 18.3 Å². The Morgan fingerprint density at radius 3 is 2.83 bits per heavy atom. The molecule has 0 radical (unpaired) electrons.